The van der Waals surface area contributed by atoms with Gasteiger partial charge in [0.1, 0.15) is 11.6 Å². The van der Waals surface area contributed by atoms with Crippen LogP contribution in [0.1, 0.15) is 29.3 Å². The number of rotatable bonds is 5. The second kappa shape index (κ2) is 8.04. The molecular formula is C26H26N4O2. The number of aryl methyl sites for hydroxylation is 2. The molecule has 1 aliphatic rings. The molecule has 0 saturated heterocycles. The highest BCUT2D eigenvalue weighted by Gasteiger charge is 2.34. The summed E-state index contributed by atoms with van der Waals surface area (Å²) in [6.45, 7) is 6.98. The number of carbonyl (C=O) groups is 1. The second-order valence-electron chi connectivity index (χ2n) is 8.31. The van der Waals surface area contributed by atoms with Crippen LogP contribution in [0.3, 0.4) is 0 Å². The highest BCUT2D eigenvalue weighted by Crippen LogP contribution is 2.32. The molecule has 5 rings (SSSR count). The van der Waals surface area contributed by atoms with Gasteiger partial charge in [-0.15, -0.1) is 0 Å². The maximum absolute atomic E-state index is 13.1. The highest BCUT2D eigenvalue weighted by atomic mass is 16.5. The van der Waals surface area contributed by atoms with Crippen LogP contribution < -0.4 is 4.74 Å². The Morgan fingerprint density at radius 2 is 1.75 bits per heavy atom. The van der Waals surface area contributed by atoms with E-state index in [-0.39, 0.29) is 5.91 Å². The third-order valence-electron chi connectivity index (χ3n) is 5.87. The summed E-state index contributed by atoms with van der Waals surface area (Å²) in [6.07, 6.45) is 3.47. The van der Waals surface area contributed by atoms with Gasteiger partial charge < -0.3 is 14.2 Å². The summed E-state index contributed by atoms with van der Waals surface area (Å²) in [6, 6.07) is 19.8. The third-order valence-corrected chi connectivity index (χ3v) is 5.87. The summed E-state index contributed by atoms with van der Waals surface area (Å²) in [7, 11) is 0. The molecule has 0 N–H and O–H groups in total. The number of nitrogens with zero attached hydrogens (tertiary/aromatic N) is 4. The van der Waals surface area contributed by atoms with Crippen LogP contribution in [-0.2, 0) is 17.9 Å². The number of carbonyl (C=O) groups excluding carboxylic acids is 1. The minimum Gasteiger partial charge on any atom is -0.481 e. The van der Waals surface area contributed by atoms with Crippen molar-refractivity contribution in [3.05, 3.63) is 95.4 Å². The lowest BCUT2D eigenvalue weighted by atomic mass is 10.1. The first-order valence-electron chi connectivity index (χ1n) is 10.8. The van der Waals surface area contributed by atoms with Gasteiger partial charge in [-0.1, -0.05) is 35.9 Å². The Hall–Kier alpha value is -3.80. The molecule has 0 spiro atoms. The summed E-state index contributed by atoms with van der Waals surface area (Å²) in [5.41, 5.74) is 5.43. The molecule has 1 unspecified atom stereocenters. The Labute approximate surface area is 187 Å². The van der Waals surface area contributed by atoms with Crippen LogP contribution >= 0.6 is 0 Å². The number of para-hydroxylation sites is 1. The first-order valence-corrected chi connectivity index (χ1v) is 10.8. The van der Waals surface area contributed by atoms with Crippen molar-refractivity contribution in [3.63, 3.8) is 0 Å². The molecule has 1 amide bonds. The molecule has 0 fully saturated rings. The van der Waals surface area contributed by atoms with Crippen LogP contribution in [0.5, 0.6) is 5.75 Å². The fourth-order valence-electron chi connectivity index (χ4n) is 4.32. The molecule has 2 aromatic heterocycles. The zero-order chi connectivity index (χ0) is 22.2. The molecule has 32 heavy (non-hydrogen) atoms. The molecule has 0 saturated carbocycles. The van der Waals surface area contributed by atoms with Gasteiger partial charge in [0, 0.05) is 18.0 Å². The van der Waals surface area contributed by atoms with Crippen molar-refractivity contribution in [3.8, 4) is 17.3 Å². The minimum atomic E-state index is -0.567. The second-order valence-corrected chi connectivity index (χ2v) is 8.31. The number of ether oxygens (including phenoxy) is 1. The van der Waals surface area contributed by atoms with Crippen molar-refractivity contribution in [2.45, 2.75) is 40.0 Å². The van der Waals surface area contributed by atoms with Crippen LogP contribution in [0.4, 0.5) is 0 Å². The van der Waals surface area contributed by atoms with Gasteiger partial charge in [-0.3, -0.25) is 4.79 Å². The van der Waals surface area contributed by atoms with Gasteiger partial charge in [0.05, 0.1) is 24.5 Å². The molecule has 1 atom stereocenters. The Morgan fingerprint density at radius 3 is 2.47 bits per heavy atom. The molecule has 1 aliphatic heterocycles. The van der Waals surface area contributed by atoms with E-state index in [0.29, 0.717) is 18.8 Å². The summed E-state index contributed by atoms with van der Waals surface area (Å²) >= 11 is 0. The van der Waals surface area contributed by atoms with Gasteiger partial charge in [-0.05, 0) is 56.7 Å². The van der Waals surface area contributed by atoms with E-state index in [9.17, 15) is 4.79 Å². The van der Waals surface area contributed by atoms with E-state index in [1.807, 2.05) is 64.4 Å². The Balaban J connectivity index is 1.46. The molecule has 4 aromatic rings. The van der Waals surface area contributed by atoms with Gasteiger partial charge in [-0.2, -0.15) is 5.10 Å². The molecule has 0 bridgehead atoms. The number of aromatic nitrogens is 3. The molecule has 2 aromatic carbocycles. The van der Waals surface area contributed by atoms with Crippen LogP contribution in [0.25, 0.3) is 11.5 Å². The van der Waals surface area contributed by atoms with Gasteiger partial charge in [0.2, 0.25) is 0 Å². The predicted octanol–water partition coefficient (Wildman–Crippen LogP) is 4.59. The average molecular weight is 427 g/mol. The smallest absolute Gasteiger partial charge is 0.264 e. The molecular weight excluding hydrogens is 400 g/mol. The number of benzene rings is 2. The lowest BCUT2D eigenvalue weighted by molar-refractivity contribution is -0.138. The maximum atomic E-state index is 13.1. The Morgan fingerprint density at radius 1 is 1.00 bits per heavy atom. The van der Waals surface area contributed by atoms with E-state index < -0.39 is 6.10 Å². The van der Waals surface area contributed by atoms with Crippen molar-refractivity contribution < 1.29 is 9.53 Å². The largest absolute Gasteiger partial charge is 0.481 e. The van der Waals surface area contributed by atoms with Gasteiger partial charge in [0.25, 0.3) is 5.91 Å². The zero-order valence-corrected chi connectivity index (χ0v) is 18.5. The monoisotopic (exact) mass is 426 g/mol. The topological polar surface area (TPSA) is 52.3 Å². The first-order chi connectivity index (χ1) is 15.5. The standard InChI is InChI=1S/C26H26N4O2/c1-18-11-12-24(19(2)15-18)30-25(28-13-7-8-14-28)22-16-29(17-23(22)27-30)26(31)20(3)32-21-9-5-4-6-10-21/h4-15,20H,16-17H2,1-3H3. The minimum absolute atomic E-state index is 0.0385. The van der Waals surface area contributed by atoms with E-state index in [4.69, 9.17) is 9.84 Å². The summed E-state index contributed by atoms with van der Waals surface area (Å²) in [4.78, 5) is 14.9. The summed E-state index contributed by atoms with van der Waals surface area (Å²) in [5, 5.41) is 4.94. The van der Waals surface area contributed by atoms with Crippen LogP contribution in [0, 0.1) is 13.8 Å². The summed E-state index contributed by atoms with van der Waals surface area (Å²) < 4.78 is 9.94. The van der Waals surface area contributed by atoms with Crippen LogP contribution in [0.2, 0.25) is 0 Å². The number of hydrogen-bond donors (Lipinski definition) is 0. The molecule has 3 heterocycles. The fourth-order valence-corrected chi connectivity index (χ4v) is 4.32. The lowest BCUT2D eigenvalue weighted by Crippen LogP contribution is -2.37. The molecule has 162 valence electrons. The summed E-state index contributed by atoms with van der Waals surface area (Å²) in [5.74, 6) is 1.63. The molecule has 6 heteroatoms. The fraction of sp³-hybridized carbons (Fsp3) is 0.231. The Kier molecular flexibility index (Phi) is 5.05. The quantitative estimate of drug-likeness (QED) is 0.469. The van der Waals surface area contributed by atoms with Crippen molar-refractivity contribution in [1.82, 2.24) is 19.2 Å². The number of hydrogen-bond acceptors (Lipinski definition) is 3. The van der Waals surface area contributed by atoms with Crippen molar-refractivity contribution in [2.24, 2.45) is 0 Å². The zero-order valence-electron chi connectivity index (χ0n) is 18.5. The van der Waals surface area contributed by atoms with Crippen LogP contribution in [-0.4, -0.2) is 31.3 Å². The van der Waals surface area contributed by atoms with E-state index in [1.54, 1.807) is 6.92 Å². The van der Waals surface area contributed by atoms with Crippen molar-refractivity contribution >= 4 is 5.91 Å². The van der Waals surface area contributed by atoms with Crippen molar-refractivity contribution in [1.29, 1.82) is 0 Å². The third kappa shape index (κ3) is 3.58. The number of amides is 1. The van der Waals surface area contributed by atoms with Gasteiger partial charge >= 0.3 is 0 Å². The molecule has 0 aliphatic carbocycles. The maximum Gasteiger partial charge on any atom is 0.264 e. The SMILES string of the molecule is Cc1ccc(-n2nc3c(c2-n2cccc2)CN(C(=O)C(C)Oc2ccccc2)C3)c(C)c1. The molecule has 6 nitrogen and oxygen atoms in total. The van der Waals surface area contributed by atoms with Gasteiger partial charge in [0.15, 0.2) is 6.10 Å². The first kappa shape index (κ1) is 20.1. The van der Waals surface area contributed by atoms with Crippen LogP contribution in [0.15, 0.2) is 73.1 Å². The van der Waals surface area contributed by atoms with E-state index in [1.165, 1.54) is 5.56 Å². The van der Waals surface area contributed by atoms with Crippen molar-refractivity contribution in [2.75, 3.05) is 0 Å². The predicted molar refractivity (Wildman–Crippen MR) is 123 cm³/mol. The van der Waals surface area contributed by atoms with E-state index >= 15 is 0 Å². The molecule has 0 radical (unpaired) electrons. The lowest BCUT2D eigenvalue weighted by Gasteiger charge is -2.22. The Bertz CT molecular complexity index is 1260. The van der Waals surface area contributed by atoms with E-state index in [2.05, 4.69) is 36.6 Å². The highest BCUT2D eigenvalue weighted by molar-refractivity contribution is 5.81. The van der Waals surface area contributed by atoms with Gasteiger partial charge in [-0.25, -0.2) is 4.68 Å². The van der Waals surface area contributed by atoms with E-state index in [0.717, 1.165) is 28.3 Å². The normalized spacial score (nSPS) is 13.8. The average Bonchev–Trinajstić information content (AvgIpc) is 3.50. The number of fused-ring (bicyclic) bond motifs is 1.